The van der Waals surface area contributed by atoms with Crippen molar-refractivity contribution in [3.05, 3.63) is 66.2 Å². The predicted molar refractivity (Wildman–Crippen MR) is 83.6 cm³/mol. The third-order valence-corrected chi connectivity index (χ3v) is 3.34. The van der Waals surface area contributed by atoms with E-state index in [0.29, 0.717) is 18.8 Å². The van der Waals surface area contributed by atoms with Gasteiger partial charge in [-0.05, 0) is 36.8 Å². The largest absolute Gasteiger partial charge is 0.321 e. The number of hydrogen-bond donors (Lipinski definition) is 1. The van der Waals surface area contributed by atoms with Crippen LogP contribution in [0.1, 0.15) is 23.0 Å². The first-order chi connectivity index (χ1) is 10.8. The summed E-state index contributed by atoms with van der Waals surface area (Å²) in [4.78, 5) is 12.3. The molecule has 0 saturated heterocycles. The Kier molecular flexibility index (Phi) is 4.00. The Bertz CT molecular complexity index is 760. The smallest absolute Gasteiger partial charge is 0.273 e. The van der Waals surface area contributed by atoms with Gasteiger partial charge < -0.3 is 5.32 Å². The van der Waals surface area contributed by atoms with E-state index in [9.17, 15) is 4.79 Å². The molecule has 0 aliphatic carbocycles. The van der Waals surface area contributed by atoms with Crippen LogP contribution in [0, 0.1) is 0 Å². The minimum atomic E-state index is -0.157. The van der Waals surface area contributed by atoms with Crippen LogP contribution in [-0.4, -0.2) is 25.5 Å². The average Bonchev–Trinajstić information content (AvgIpc) is 3.18. The number of aromatic nitrogens is 4. The highest BCUT2D eigenvalue weighted by Crippen LogP contribution is 2.13. The summed E-state index contributed by atoms with van der Waals surface area (Å²) in [5.74, 6) is -0.157. The molecule has 2 aromatic heterocycles. The van der Waals surface area contributed by atoms with Crippen molar-refractivity contribution in [2.75, 3.05) is 5.32 Å². The van der Waals surface area contributed by atoms with Crippen molar-refractivity contribution in [2.45, 2.75) is 20.0 Å². The molecule has 1 N–H and O–H groups in total. The van der Waals surface area contributed by atoms with E-state index in [1.165, 1.54) is 0 Å². The molecular formula is C16H17N5O. The van der Waals surface area contributed by atoms with Gasteiger partial charge in [0.15, 0.2) is 0 Å². The Morgan fingerprint density at radius 1 is 1.18 bits per heavy atom. The van der Waals surface area contributed by atoms with Gasteiger partial charge in [0.25, 0.3) is 5.91 Å². The van der Waals surface area contributed by atoms with Crippen LogP contribution in [0.3, 0.4) is 0 Å². The van der Waals surface area contributed by atoms with Crippen LogP contribution in [0.15, 0.2) is 55.0 Å². The Morgan fingerprint density at radius 2 is 2.09 bits per heavy atom. The molecule has 0 saturated carbocycles. The molecule has 22 heavy (non-hydrogen) atoms. The fourth-order valence-corrected chi connectivity index (χ4v) is 2.30. The molecule has 0 bridgehead atoms. The maximum atomic E-state index is 12.3. The second-order valence-corrected chi connectivity index (χ2v) is 4.89. The summed E-state index contributed by atoms with van der Waals surface area (Å²) in [6.07, 6.45) is 5.29. The van der Waals surface area contributed by atoms with Gasteiger partial charge in [0.05, 0.1) is 6.54 Å². The molecule has 1 aromatic carbocycles. The fourth-order valence-electron chi connectivity index (χ4n) is 2.30. The van der Waals surface area contributed by atoms with Crippen LogP contribution in [0.5, 0.6) is 0 Å². The SMILES string of the molecule is CCn1nccc1C(=O)Nc1cccc(Cn2cccn2)c1. The van der Waals surface area contributed by atoms with Gasteiger partial charge in [0, 0.05) is 30.8 Å². The standard InChI is InChI=1S/C16H17N5O/c1-2-21-15(7-9-18-21)16(22)19-14-6-3-5-13(11-14)12-20-10-4-8-17-20/h3-11H,2,12H2,1H3,(H,19,22). The molecule has 0 radical (unpaired) electrons. The minimum absolute atomic E-state index is 0.157. The Hall–Kier alpha value is -2.89. The molecule has 6 heteroatoms. The number of carbonyl (C=O) groups excluding carboxylic acids is 1. The average molecular weight is 295 g/mol. The number of nitrogens with one attached hydrogen (secondary N) is 1. The quantitative estimate of drug-likeness (QED) is 0.786. The number of rotatable bonds is 5. The summed E-state index contributed by atoms with van der Waals surface area (Å²) in [5.41, 5.74) is 2.39. The third-order valence-electron chi connectivity index (χ3n) is 3.34. The third kappa shape index (κ3) is 3.06. The van der Waals surface area contributed by atoms with Gasteiger partial charge >= 0.3 is 0 Å². The van der Waals surface area contributed by atoms with E-state index in [0.717, 1.165) is 11.3 Å². The van der Waals surface area contributed by atoms with Gasteiger partial charge in [-0.15, -0.1) is 0 Å². The van der Waals surface area contributed by atoms with Crippen LogP contribution in [0.4, 0.5) is 5.69 Å². The lowest BCUT2D eigenvalue weighted by molar-refractivity contribution is 0.101. The maximum Gasteiger partial charge on any atom is 0.273 e. The number of amides is 1. The lowest BCUT2D eigenvalue weighted by Gasteiger charge is -2.08. The molecule has 112 valence electrons. The van der Waals surface area contributed by atoms with Crippen molar-refractivity contribution in [2.24, 2.45) is 0 Å². The Balaban J connectivity index is 1.74. The first-order valence-corrected chi connectivity index (χ1v) is 7.16. The summed E-state index contributed by atoms with van der Waals surface area (Å²) in [6.45, 7) is 3.28. The molecular weight excluding hydrogens is 278 g/mol. The van der Waals surface area contributed by atoms with Gasteiger partial charge in [-0.2, -0.15) is 10.2 Å². The first-order valence-electron chi connectivity index (χ1n) is 7.16. The van der Waals surface area contributed by atoms with Gasteiger partial charge in [0.1, 0.15) is 5.69 Å². The summed E-state index contributed by atoms with van der Waals surface area (Å²) in [5, 5.41) is 11.2. The molecule has 0 atom stereocenters. The van der Waals surface area contributed by atoms with E-state index < -0.39 is 0 Å². The van der Waals surface area contributed by atoms with E-state index in [2.05, 4.69) is 15.5 Å². The second-order valence-electron chi connectivity index (χ2n) is 4.89. The van der Waals surface area contributed by atoms with E-state index >= 15 is 0 Å². The highest BCUT2D eigenvalue weighted by Gasteiger charge is 2.11. The van der Waals surface area contributed by atoms with E-state index in [1.54, 1.807) is 23.1 Å². The molecule has 3 rings (SSSR count). The van der Waals surface area contributed by atoms with E-state index in [1.807, 2.05) is 48.1 Å². The lowest BCUT2D eigenvalue weighted by atomic mass is 10.2. The van der Waals surface area contributed by atoms with Crippen LogP contribution in [0.25, 0.3) is 0 Å². The highest BCUT2D eigenvalue weighted by atomic mass is 16.2. The fraction of sp³-hybridized carbons (Fsp3) is 0.188. The maximum absolute atomic E-state index is 12.3. The van der Waals surface area contributed by atoms with Gasteiger partial charge in [-0.1, -0.05) is 12.1 Å². The van der Waals surface area contributed by atoms with Crippen LogP contribution >= 0.6 is 0 Å². The minimum Gasteiger partial charge on any atom is -0.321 e. The number of hydrogen-bond acceptors (Lipinski definition) is 3. The molecule has 0 fully saturated rings. The van der Waals surface area contributed by atoms with Gasteiger partial charge in [0.2, 0.25) is 0 Å². The predicted octanol–water partition coefficient (Wildman–Crippen LogP) is 2.40. The summed E-state index contributed by atoms with van der Waals surface area (Å²) in [7, 11) is 0. The van der Waals surface area contributed by atoms with Crippen LogP contribution < -0.4 is 5.32 Å². The van der Waals surface area contributed by atoms with Gasteiger partial charge in [-0.3, -0.25) is 14.2 Å². The number of aryl methyl sites for hydroxylation is 1. The molecule has 0 unspecified atom stereocenters. The molecule has 2 heterocycles. The molecule has 1 amide bonds. The normalized spacial score (nSPS) is 10.6. The van der Waals surface area contributed by atoms with Crippen LogP contribution in [-0.2, 0) is 13.1 Å². The number of nitrogens with zero attached hydrogens (tertiary/aromatic N) is 4. The zero-order chi connectivity index (χ0) is 15.4. The zero-order valence-corrected chi connectivity index (χ0v) is 12.3. The molecule has 3 aromatic rings. The van der Waals surface area contributed by atoms with E-state index in [4.69, 9.17) is 0 Å². The van der Waals surface area contributed by atoms with Crippen molar-refractivity contribution in [3.8, 4) is 0 Å². The highest BCUT2D eigenvalue weighted by molar-refractivity contribution is 6.03. The number of benzene rings is 1. The van der Waals surface area contributed by atoms with Gasteiger partial charge in [-0.25, -0.2) is 0 Å². The molecule has 0 aliphatic heterocycles. The molecule has 6 nitrogen and oxygen atoms in total. The van der Waals surface area contributed by atoms with Crippen LogP contribution in [0.2, 0.25) is 0 Å². The monoisotopic (exact) mass is 295 g/mol. The van der Waals surface area contributed by atoms with Crippen molar-refractivity contribution >= 4 is 11.6 Å². The Labute approximate surface area is 128 Å². The first kappa shape index (κ1) is 14.1. The summed E-state index contributed by atoms with van der Waals surface area (Å²) >= 11 is 0. The van der Waals surface area contributed by atoms with Crippen molar-refractivity contribution in [1.29, 1.82) is 0 Å². The summed E-state index contributed by atoms with van der Waals surface area (Å²) in [6, 6.07) is 11.4. The van der Waals surface area contributed by atoms with E-state index in [-0.39, 0.29) is 5.91 Å². The zero-order valence-electron chi connectivity index (χ0n) is 12.3. The number of carbonyl (C=O) groups is 1. The second kappa shape index (κ2) is 6.26. The topological polar surface area (TPSA) is 64.7 Å². The molecule has 0 spiro atoms. The van der Waals surface area contributed by atoms with Crippen molar-refractivity contribution in [1.82, 2.24) is 19.6 Å². The number of anilines is 1. The van der Waals surface area contributed by atoms with Crippen molar-refractivity contribution < 1.29 is 4.79 Å². The summed E-state index contributed by atoms with van der Waals surface area (Å²) < 4.78 is 3.51. The van der Waals surface area contributed by atoms with Crippen molar-refractivity contribution in [3.63, 3.8) is 0 Å². The Morgan fingerprint density at radius 3 is 2.86 bits per heavy atom. The lowest BCUT2D eigenvalue weighted by Crippen LogP contribution is -2.17. The molecule has 0 aliphatic rings.